The van der Waals surface area contributed by atoms with Gasteiger partial charge in [-0.3, -0.25) is 9.97 Å². The highest BCUT2D eigenvalue weighted by molar-refractivity contribution is 6.31. The van der Waals surface area contributed by atoms with Crippen LogP contribution in [0.2, 0.25) is 10.0 Å². The van der Waals surface area contributed by atoms with Crippen LogP contribution in [0.4, 0.5) is 0 Å². The van der Waals surface area contributed by atoms with Crippen molar-refractivity contribution in [2.75, 3.05) is 47.4 Å². The normalized spacial score (nSPS) is 20.9. The molecule has 4 aliphatic rings. The first-order chi connectivity index (χ1) is 24.7. The van der Waals surface area contributed by atoms with E-state index in [2.05, 4.69) is 61.2 Å². The maximum atomic E-state index is 12.6. The van der Waals surface area contributed by atoms with E-state index in [1.54, 1.807) is 0 Å². The van der Waals surface area contributed by atoms with Crippen molar-refractivity contribution in [2.45, 2.75) is 44.4 Å². The Morgan fingerprint density at radius 1 is 0.706 bits per heavy atom. The number of ether oxygens (including phenoxy) is 1. The highest BCUT2D eigenvalue weighted by atomic mass is 35.5. The van der Waals surface area contributed by atoms with Crippen LogP contribution in [0.1, 0.15) is 89.2 Å². The molecular weight excluding hydrogens is 675 g/mol. The molecule has 264 valence electrons. The fourth-order valence-corrected chi connectivity index (χ4v) is 8.94. The third-order valence-corrected chi connectivity index (χ3v) is 11.8. The Labute approximate surface area is 312 Å². The van der Waals surface area contributed by atoms with Crippen LogP contribution in [0.3, 0.4) is 0 Å². The minimum atomic E-state index is -0.350. The molecule has 2 aromatic heterocycles. The number of rotatable bonds is 3. The van der Waals surface area contributed by atoms with E-state index in [0.717, 1.165) is 53.3 Å². The molecule has 0 spiro atoms. The van der Waals surface area contributed by atoms with Gasteiger partial charge >= 0.3 is 5.97 Å². The average molecular weight is 722 g/mol. The molecule has 4 aromatic rings. The van der Waals surface area contributed by atoms with Crippen LogP contribution < -0.4 is 0 Å². The number of benzene rings is 2. The molecule has 6 nitrogen and oxygen atoms in total. The maximum absolute atomic E-state index is 12.6. The zero-order valence-corrected chi connectivity index (χ0v) is 31.4. The van der Waals surface area contributed by atoms with Gasteiger partial charge in [0.1, 0.15) is 0 Å². The predicted octanol–water partition coefficient (Wildman–Crippen LogP) is 9.32. The Hall–Kier alpha value is -3.81. The van der Waals surface area contributed by atoms with Crippen molar-refractivity contribution in [1.29, 1.82) is 0 Å². The first-order valence-electron chi connectivity index (χ1n) is 18.1. The molecule has 2 aromatic carbocycles. The zero-order chi connectivity index (χ0) is 35.6. The fourth-order valence-electron chi connectivity index (χ4n) is 8.59. The van der Waals surface area contributed by atoms with E-state index in [0.29, 0.717) is 28.3 Å². The summed E-state index contributed by atoms with van der Waals surface area (Å²) in [5, 5.41) is 1.42. The van der Waals surface area contributed by atoms with Crippen LogP contribution in [0.15, 0.2) is 73.1 Å². The molecule has 2 atom stereocenters. The quantitative estimate of drug-likeness (QED) is 0.197. The van der Waals surface area contributed by atoms with Gasteiger partial charge < -0.3 is 14.5 Å². The Morgan fingerprint density at radius 2 is 1.18 bits per heavy atom. The number of nitrogens with zero attached hydrogens (tertiary/aromatic N) is 4. The van der Waals surface area contributed by atoms with Gasteiger partial charge in [-0.25, -0.2) is 4.79 Å². The minimum absolute atomic E-state index is 0.139. The second-order valence-electron chi connectivity index (χ2n) is 14.5. The molecule has 2 aliphatic carbocycles. The minimum Gasteiger partial charge on any atom is -0.465 e. The molecule has 0 amide bonds. The number of esters is 1. The zero-order valence-electron chi connectivity index (χ0n) is 29.9. The van der Waals surface area contributed by atoms with E-state index in [1.807, 2.05) is 54.9 Å². The predicted molar refractivity (Wildman–Crippen MR) is 209 cm³/mol. The van der Waals surface area contributed by atoms with E-state index >= 15 is 0 Å². The number of fused-ring (bicyclic) bond motifs is 4. The molecule has 2 fully saturated rings. The Bertz CT molecular complexity index is 1970. The van der Waals surface area contributed by atoms with Crippen LogP contribution in [0, 0.1) is 11.8 Å². The van der Waals surface area contributed by atoms with Crippen LogP contribution in [0.5, 0.6) is 0 Å². The molecule has 4 heterocycles. The van der Waals surface area contributed by atoms with Crippen LogP contribution in [0.25, 0.3) is 23.3 Å². The SMILES string of the molecule is CC1=Cc2cccnc2C(C2CCN(C)CC2)c2ccc(Cl)cc21.COC(=O)C1=Cc2cccnc2C(C2CCN(C)CC2)c2ccc(Cl)cc21. The fraction of sp³-hybridized carbons (Fsp3) is 0.372. The molecule has 51 heavy (non-hydrogen) atoms. The first-order valence-corrected chi connectivity index (χ1v) is 18.8. The number of hydrogen-bond donors (Lipinski definition) is 0. The summed E-state index contributed by atoms with van der Waals surface area (Å²) in [5.74, 6) is 1.25. The van der Waals surface area contributed by atoms with Gasteiger partial charge in [0.25, 0.3) is 0 Å². The smallest absolute Gasteiger partial charge is 0.338 e. The number of hydrogen-bond acceptors (Lipinski definition) is 6. The molecule has 8 heteroatoms. The number of likely N-dealkylation sites (tertiary alicyclic amines) is 2. The summed E-state index contributed by atoms with van der Waals surface area (Å²) in [6.07, 6.45) is 12.6. The van der Waals surface area contributed by atoms with Crippen molar-refractivity contribution in [3.05, 3.63) is 128 Å². The van der Waals surface area contributed by atoms with Gasteiger partial charge in [-0.05, 0) is 172 Å². The third-order valence-electron chi connectivity index (χ3n) is 11.3. The van der Waals surface area contributed by atoms with Crippen molar-refractivity contribution in [2.24, 2.45) is 11.8 Å². The number of aromatic nitrogens is 2. The van der Waals surface area contributed by atoms with E-state index in [4.69, 9.17) is 37.9 Å². The average Bonchev–Trinajstić information content (AvgIpc) is 3.36. The van der Waals surface area contributed by atoms with Crippen LogP contribution in [-0.2, 0) is 9.53 Å². The summed E-state index contributed by atoms with van der Waals surface area (Å²) < 4.78 is 5.07. The second-order valence-corrected chi connectivity index (χ2v) is 15.4. The Kier molecular flexibility index (Phi) is 10.8. The summed E-state index contributed by atoms with van der Waals surface area (Å²) >= 11 is 12.6. The third kappa shape index (κ3) is 7.43. The molecule has 0 N–H and O–H groups in total. The summed E-state index contributed by atoms with van der Waals surface area (Å²) in [6.45, 7) is 6.66. The lowest BCUT2D eigenvalue weighted by Crippen LogP contribution is -2.33. The van der Waals surface area contributed by atoms with Gasteiger partial charge in [0, 0.05) is 34.3 Å². The largest absolute Gasteiger partial charge is 0.465 e. The van der Waals surface area contributed by atoms with Crippen molar-refractivity contribution < 1.29 is 9.53 Å². The summed E-state index contributed by atoms with van der Waals surface area (Å²) in [6, 6.07) is 20.4. The van der Waals surface area contributed by atoms with E-state index < -0.39 is 0 Å². The van der Waals surface area contributed by atoms with Gasteiger partial charge in [0.2, 0.25) is 0 Å². The van der Waals surface area contributed by atoms with Crippen LogP contribution >= 0.6 is 23.2 Å². The van der Waals surface area contributed by atoms with Crippen molar-refractivity contribution in [1.82, 2.24) is 19.8 Å². The van der Waals surface area contributed by atoms with Gasteiger partial charge in [0.05, 0.1) is 24.1 Å². The number of carbonyl (C=O) groups excluding carboxylic acids is 1. The molecule has 0 radical (unpaired) electrons. The number of halogens is 2. The Balaban J connectivity index is 0.000000160. The first kappa shape index (κ1) is 35.6. The maximum Gasteiger partial charge on any atom is 0.338 e. The molecule has 2 aliphatic heterocycles. The van der Waals surface area contributed by atoms with Gasteiger partial charge in [0.15, 0.2) is 0 Å². The lowest BCUT2D eigenvalue weighted by Gasteiger charge is -2.35. The number of allylic oxidation sites excluding steroid dienone is 1. The Morgan fingerprint density at radius 3 is 1.69 bits per heavy atom. The lowest BCUT2D eigenvalue weighted by atomic mass is 9.76. The molecule has 2 unspecified atom stereocenters. The highest BCUT2D eigenvalue weighted by Gasteiger charge is 2.36. The monoisotopic (exact) mass is 720 g/mol. The molecule has 0 bridgehead atoms. The number of pyridine rings is 2. The molecular formula is C43H46Cl2N4O2. The van der Waals surface area contributed by atoms with E-state index in [9.17, 15) is 4.79 Å². The number of carbonyl (C=O) groups is 1. The summed E-state index contributed by atoms with van der Waals surface area (Å²) in [5.41, 5.74) is 11.0. The van der Waals surface area contributed by atoms with Gasteiger partial charge in [-0.1, -0.05) is 47.5 Å². The number of piperidine rings is 2. The van der Waals surface area contributed by atoms with Crippen LogP contribution in [-0.4, -0.2) is 73.1 Å². The van der Waals surface area contributed by atoms with Gasteiger partial charge in [-0.15, -0.1) is 0 Å². The van der Waals surface area contributed by atoms with Gasteiger partial charge in [-0.2, -0.15) is 0 Å². The number of methoxy groups -OCH3 is 1. The lowest BCUT2D eigenvalue weighted by molar-refractivity contribution is -0.133. The van der Waals surface area contributed by atoms with E-state index in [-0.39, 0.29) is 11.9 Å². The van der Waals surface area contributed by atoms with Crippen molar-refractivity contribution >= 4 is 52.5 Å². The molecule has 0 saturated carbocycles. The van der Waals surface area contributed by atoms with E-state index in [1.165, 1.54) is 61.0 Å². The topological polar surface area (TPSA) is 58.6 Å². The molecule has 8 rings (SSSR count). The molecule has 2 saturated heterocycles. The summed E-state index contributed by atoms with van der Waals surface area (Å²) in [7, 11) is 5.80. The van der Waals surface area contributed by atoms with Crippen molar-refractivity contribution in [3.63, 3.8) is 0 Å². The highest BCUT2D eigenvalue weighted by Crippen LogP contribution is 2.46. The summed E-state index contributed by atoms with van der Waals surface area (Å²) in [4.78, 5) is 26.9. The standard InChI is InChI=1S/C22H23ClN2O2.C21H23ClN2/c1-25-10-7-14(8-11-25)20-17-6-5-16(23)13-18(17)19(22(26)27-2)12-15-4-3-9-24-21(15)20;1-14-12-16-4-3-9-23-21(16)20(15-7-10-24(2)11-8-15)18-6-5-17(22)13-19(14)18/h3-6,9,12-14,20H,7-8,10-11H2,1-2H3;3-6,9,12-13,15,20H,7-8,10-11H2,1-2H3. The second kappa shape index (κ2) is 15.4. The van der Waals surface area contributed by atoms with Crippen molar-refractivity contribution in [3.8, 4) is 0 Å².